The normalized spacial score (nSPS) is 10.8. The third-order valence-corrected chi connectivity index (χ3v) is 3.05. The zero-order valence-corrected chi connectivity index (χ0v) is 12.1. The smallest absolute Gasteiger partial charge is 0.337 e. The van der Waals surface area contributed by atoms with Gasteiger partial charge in [0, 0.05) is 0 Å². The summed E-state index contributed by atoms with van der Waals surface area (Å²) in [5.74, 6) is -0.111. The van der Waals surface area contributed by atoms with Crippen LogP contribution < -0.4 is 0 Å². The van der Waals surface area contributed by atoms with Crippen molar-refractivity contribution in [2.75, 3.05) is 7.11 Å². The molecule has 0 saturated heterocycles. The Bertz CT molecular complexity index is 668. The number of phenols is 1. The number of ether oxygens (including phenoxy) is 1. The highest BCUT2D eigenvalue weighted by molar-refractivity contribution is 5.89. The molecule has 0 spiro atoms. The Kier molecular flexibility index (Phi) is 4.33. The van der Waals surface area contributed by atoms with E-state index < -0.39 is 0 Å². The van der Waals surface area contributed by atoms with Crippen molar-refractivity contribution in [2.24, 2.45) is 10.2 Å². The van der Waals surface area contributed by atoms with Crippen molar-refractivity contribution in [1.82, 2.24) is 0 Å². The molecular formula is C16H16N2O3. The minimum atomic E-state index is -0.386. The van der Waals surface area contributed by atoms with E-state index in [-0.39, 0.29) is 11.7 Å². The first kappa shape index (κ1) is 14.7. The van der Waals surface area contributed by atoms with E-state index in [9.17, 15) is 9.90 Å². The van der Waals surface area contributed by atoms with Gasteiger partial charge in [0.05, 0.1) is 24.0 Å². The lowest BCUT2D eigenvalue weighted by atomic mass is 10.1. The van der Waals surface area contributed by atoms with Gasteiger partial charge in [0.25, 0.3) is 0 Å². The van der Waals surface area contributed by atoms with Crippen LogP contribution in [-0.2, 0) is 4.74 Å². The third-order valence-electron chi connectivity index (χ3n) is 3.05. The molecule has 0 amide bonds. The third kappa shape index (κ3) is 3.45. The monoisotopic (exact) mass is 284 g/mol. The molecule has 0 heterocycles. The van der Waals surface area contributed by atoms with Crippen LogP contribution in [0.3, 0.4) is 0 Å². The largest absolute Gasteiger partial charge is 0.507 e. The van der Waals surface area contributed by atoms with E-state index >= 15 is 0 Å². The molecule has 2 rings (SSSR count). The second-order valence-electron chi connectivity index (χ2n) is 4.67. The maximum Gasteiger partial charge on any atom is 0.337 e. The second-order valence-corrected chi connectivity index (χ2v) is 4.67. The van der Waals surface area contributed by atoms with Crippen molar-refractivity contribution < 1.29 is 14.6 Å². The van der Waals surface area contributed by atoms with Crippen molar-refractivity contribution in [3.8, 4) is 5.75 Å². The zero-order chi connectivity index (χ0) is 15.4. The molecule has 5 heteroatoms. The van der Waals surface area contributed by atoms with Crippen molar-refractivity contribution in [2.45, 2.75) is 13.8 Å². The topological polar surface area (TPSA) is 71.2 Å². The van der Waals surface area contributed by atoms with Gasteiger partial charge in [0.1, 0.15) is 5.75 Å². The van der Waals surface area contributed by atoms with Crippen LogP contribution in [0.4, 0.5) is 11.4 Å². The molecule has 2 aromatic carbocycles. The summed E-state index contributed by atoms with van der Waals surface area (Å²) in [6, 6.07) is 10.2. The summed E-state index contributed by atoms with van der Waals surface area (Å²) in [6.07, 6.45) is 0. The molecule has 21 heavy (non-hydrogen) atoms. The van der Waals surface area contributed by atoms with Crippen molar-refractivity contribution in [3.05, 3.63) is 53.1 Å². The van der Waals surface area contributed by atoms with Gasteiger partial charge in [-0.25, -0.2) is 4.79 Å². The van der Waals surface area contributed by atoms with E-state index in [1.165, 1.54) is 7.11 Å². The number of aromatic hydroxyl groups is 1. The van der Waals surface area contributed by atoms with Crippen LogP contribution in [0.5, 0.6) is 5.75 Å². The van der Waals surface area contributed by atoms with Crippen molar-refractivity contribution >= 4 is 17.3 Å². The molecule has 2 aromatic rings. The van der Waals surface area contributed by atoms with Gasteiger partial charge in [0.2, 0.25) is 0 Å². The Labute approximate surface area is 122 Å². The first-order valence-electron chi connectivity index (χ1n) is 6.41. The summed E-state index contributed by atoms with van der Waals surface area (Å²) in [5, 5.41) is 17.9. The van der Waals surface area contributed by atoms with Crippen LogP contribution in [0, 0.1) is 13.8 Å². The Morgan fingerprint density at radius 3 is 2.05 bits per heavy atom. The SMILES string of the molecule is COC(=O)c1ccc(N=Nc2cc(C)c(O)c(C)c2)cc1. The molecule has 0 saturated carbocycles. The number of methoxy groups -OCH3 is 1. The minimum absolute atomic E-state index is 0.274. The number of nitrogens with zero attached hydrogens (tertiary/aromatic N) is 2. The number of rotatable bonds is 3. The van der Waals surface area contributed by atoms with Gasteiger partial charge < -0.3 is 9.84 Å². The average Bonchev–Trinajstić information content (AvgIpc) is 2.50. The molecule has 1 N–H and O–H groups in total. The highest BCUT2D eigenvalue weighted by Gasteiger charge is 2.04. The first-order valence-corrected chi connectivity index (χ1v) is 6.41. The molecular weight excluding hydrogens is 268 g/mol. The number of phenolic OH excluding ortho intramolecular Hbond substituents is 1. The van der Waals surface area contributed by atoms with Crippen molar-refractivity contribution in [3.63, 3.8) is 0 Å². The molecule has 0 aliphatic rings. The summed E-state index contributed by atoms with van der Waals surface area (Å²) in [4.78, 5) is 11.3. The average molecular weight is 284 g/mol. The number of hydrogen-bond acceptors (Lipinski definition) is 5. The maximum absolute atomic E-state index is 11.3. The van der Waals surface area contributed by atoms with E-state index in [0.717, 1.165) is 11.1 Å². The number of carbonyl (C=O) groups excluding carboxylic acids is 1. The lowest BCUT2D eigenvalue weighted by molar-refractivity contribution is 0.0601. The lowest BCUT2D eigenvalue weighted by Crippen LogP contribution is -1.99. The Morgan fingerprint density at radius 2 is 1.52 bits per heavy atom. The number of esters is 1. The highest BCUT2D eigenvalue weighted by Crippen LogP contribution is 2.28. The fraction of sp³-hybridized carbons (Fsp3) is 0.188. The molecule has 5 nitrogen and oxygen atoms in total. The molecule has 0 aromatic heterocycles. The van der Waals surface area contributed by atoms with Gasteiger partial charge in [-0.1, -0.05) is 0 Å². The van der Waals surface area contributed by atoms with Crippen LogP contribution in [0.25, 0.3) is 0 Å². The number of azo groups is 1. The highest BCUT2D eigenvalue weighted by atomic mass is 16.5. The molecule has 0 atom stereocenters. The van der Waals surface area contributed by atoms with Gasteiger partial charge in [-0.2, -0.15) is 10.2 Å². The standard InChI is InChI=1S/C16H16N2O3/c1-10-8-14(9-11(2)15(10)19)18-17-13-6-4-12(5-7-13)16(20)21-3/h4-9,19H,1-3H3. The maximum atomic E-state index is 11.3. The Morgan fingerprint density at radius 1 is 1.00 bits per heavy atom. The minimum Gasteiger partial charge on any atom is -0.507 e. The fourth-order valence-corrected chi connectivity index (χ4v) is 1.89. The number of benzene rings is 2. The molecule has 0 unspecified atom stereocenters. The van der Waals surface area contributed by atoms with Crippen LogP contribution in [0.2, 0.25) is 0 Å². The van der Waals surface area contributed by atoms with Gasteiger partial charge in [-0.3, -0.25) is 0 Å². The number of carbonyl (C=O) groups is 1. The van der Waals surface area contributed by atoms with E-state index in [4.69, 9.17) is 0 Å². The Hall–Kier alpha value is -2.69. The van der Waals surface area contributed by atoms with E-state index in [0.29, 0.717) is 16.9 Å². The first-order chi connectivity index (χ1) is 10.0. The molecule has 0 radical (unpaired) electrons. The lowest BCUT2D eigenvalue weighted by Gasteiger charge is -2.03. The molecule has 0 fully saturated rings. The van der Waals surface area contributed by atoms with Gasteiger partial charge >= 0.3 is 5.97 Å². The summed E-state index contributed by atoms with van der Waals surface area (Å²) in [5.41, 5.74) is 3.27. The molecule has 108 valence electrons. The predicted molar refractivity (Wildman–Crippen MR) is 79.5 cm³/mol. The van der Waals surface area contributed by atoms with Crippen LogP contribution in [-0.4, -0.2) is 18.2 Å². The van der Waals surface area contributed by atoms with Crippen LogP contribution >= 0.6 is 0 Å². The van der Waals surface area contributed by atoms with Gasteiger partial charge in [0.15, 0.2) is 0 Å². The summed E-state index contributed by atoms with van der Waals surface area (Å²) >= 11 is 0. The summed E-state index contributed by atoms with van der Waals surface area (Å²) in [7, 11) is 1.34. The number of aryl methyl sites for hydroxylation is 2. The molecule has 0 aliphatic heterocycles. The quantitative estimate of drug-likeness (QED) is 0.677. The van der Waals surface area contributed by atoms with Gasteiger partial charge in [-0.15, -0.1) is 0 Å². The van der Waals surface area contributed by atoms with E-state index in [2.05, 4.69) is 15.0 Å². The second kappa shape index (κ2) is 6.17. The molecule has 0 aliphatic carbocycles. The Balaban J connectivity index is 2.20. The van der Waals surface area contributed by atoms with Crippen LogP contribution in [0.1, 0.15) is 21.5 Å². The van der Waals surface area contributed by atoms with E-state index in [1.54, 1.807) is 36.4 Å². The zero-order valence-electron chi connectivity index (χ0n) is 12.1. The number of hydrogen-bond donors (Lipinski definition) is 1. The van der Waals surface area contributed by atoms with Gasteiger partial charge in [-0.05, 0) is 61.4 Å². The van der Waals surface area contributed by atoms with Crippen LogP contribution in [0.15, 0.2) is 46.6 Å². The molecule has 0 bridgehead atoms. The van der Waals surface area contributed by atoms with E-state index in [1.807, 2.05) is 13.8 Å². The fourth-order valence-electron chi connectivity index (χ4n) is 1.89. The summed E-state index contributed by atoms with van der Waals surface area (Å²) < 4.78 is 4.63. The van der Waals surface area contributed by atoms with Crippen molar-refractivity contribution in [1.29, 1.82) is 0 Å². The summed E-state index contributed by atoms with van der Waals surface area (Å²) in [6.45, 7) is 3.62. The predicted octanol–water partition coefficient (Wildman–Crippen LogP) is 4.21.